The molecule has 1 aliphatic heterocycles. The number of carbonyl (C=O) groups excluding carboxylic acids is 1. The Bertz CT molecular complexity index is 808. The van der Waals surface area contributed by atoms with Gasteiger partial charge in [0.25, 0.3) is 0 Å². The first-order valence-electron chi connectivity index (χ1n) is 8.68. The third-order valence-corrected chi connectivity index (χ3v) is 4.34. The van der Waals surface area contributed by atoms with Gasteiger partial charge in [0.15, 0.2) is 0 Å². The number of anilines is 3. The highest BCUT2D eigenvalue weighted by atomic mass is 16.6. The van der Waals surface area contributed by atoms with Gasteiger partial charge >= 0.3 is 11.7 Å². The van der Waals surface area contributed by atoms with E-state index in [-0.39, 0.29) is 29.2 Å². The fourth-order valence-corrected chi connectivity index (χ4v) is 3.02. The first-order valence-corrected chi connectivity index (χ1v) is 8.68. The summed E-state index contributed by atoms with van der Waals surface area (Å²) in [6.45, 7) is 3.08. The fourth-order valence-electron chi connectivity index (χ4n) is 3.02. The van der Waals surface area contributed by atoms with Gasteiger partial charge in [-0.15, -0.1) is 0 Å². The van der Waals surface area contributed by atoms with Gasteiger partial charge in [0.1, 0.15) is 6.33 Å². The number of ether oxygens (including phenoxy) is 1. The molecule has 10 heteroatoms. The van der Waals surface area contributed by atoms with Crippen LogP contribution in [0.25, 0.3) is 0 Å². The molecule has 0 amide bonds. The molecule has 1 fully saturated rings. The molecule has 0 bridgehead atoms. The Morgan fingerprint density at radius 3 is 2.67 bits per heavy atom. The molecule has 0 aliphatic carbocycles. The third-order valence-electron chi connectivity index (χ3n) is 4.34. The lowest BCUT2D eigenvalue weighted by Crippen LogP contribution is -2.37. The van der Waals surface area contributed by atoms with Crippen LogP contribution < -0.4 is 10.2 Å². The smallest absolute Gasteiger partial charge is 0.353 e. The maximum absolute atomic E-state index is 11.9. The first kappa shape index (κ1) is 18.5. The van der Waals surface area contributed by atoms with Crippen LogP contribution in [0.3, 0.4) is 0 Å². The van der Waals surface area contributed by atoms with Crippen LogP contribution in [0.5, 0.6) is 0 Å². The minimum atomic E-state index is -0.490. The monoisotopic (exact) mass is 372 g/mol. The minimum Gasteiger partial charge on any atom is -0.466 e. The molecule has 1 N–H and O–H groups in total. The molecular formula is C17H20N6O4. The van der Waals surface area contributed by atoms with Gasteiger partial charge in [-0.1, -0.05) is 0 Å². The molecule has 27 heavy (non-hydrogen) atoms. The number of pyridine rings is 1. The van der Waals surface area contributed by atoms with E-state index in [2.05, 4.69) is 20.3 Å². The SMILES string of the molecule is CCOC(=O)C1CCN(c2ncnc(Nc3ccncc3)c2[N+](=O)[O-])CC1. The molecular weight excluding hydrogens is 352 g/mol. The van der Waals surface area contributed by atoms with Gasteiger partial charge in [-0.05, 0) is 31.9 Å². The van der Waals surface area contributed by atoms with E-state index in [0.717, 1.165) is 0 Å². The Labute approximate surface area is 155 Å². The van der Waals surface area contributed by atoms with Crippen molar-refractivity contribution in [3.8, 4) is 0 Å². The van der Waals surface area contributed by atoms with E-state index < -0.39 is 4.92 Å². The van der Waals surface area contributed by atoms with Crippen LogP contribution in [0.15, 0.2) is 30.9 Å². The van der Waals surface area contributed by atoms with Crippen molar-refractivity contribution in [3.63, 3.8) is 0 Å². The zero-order chi connectivity index (χ0) is 19.2. The van der Waals surface area contributed by atoms with Crippen LogP contribution >= 0.6 is 0 Å². The molecule has 3 heterocycles. The van der Waals surface area contributed by atoms with Gasteiger partial charge < -0.3 is 15.0 Å². The average Bonchev–Trinajstić information content (AvgIpc) is 2.69. The van der Waals surface area contributed by atoms with Crippen molar-refractivity contribution < 1.29 is 14.5 Å². The minimum absolute atomic E-state index is 0.115. The topological polar surface area (TPSA) is 123 Å². The number of aromatic nitrogens is 3. The molecule has 10 nitrogen and oxygen atoms in total. The number of hydrogen-bond acceptors (Lipinski definition) is 9. The summed E-state index contributed by atoms with van der Waals surface area (Å²) >= 11 is 0. The Morgan fingerprint density at radius 2 is 2.04 bits per heavy atom. The summed E-state index contributed by atoms with van der Waals surface area (Å²) in [6, 6.07) is 3.38. The van der Waals surface area contributed by atoms with Crippen LogP contribution in [0.4, 0.5) is 23.0 Å². The number of nitrogens with one attached hydrogen (secondary N) is 1. The van der Waals surface area contributed by atoms with Gasteiger partial charge in [0, 0.05) is 31.2 Å². The predicted molar refractivity (Wildman–Crippen MR) is 97.8 cm³/mol. The first-order chi connectivity index (χ1) is 13.1. The highest BCUT2D eigenvalue weighted by Crippen LogP contribution is 2.35. The van der Waals surface area contributed by atoms with E-state index in [1.54, 1.807) is 31.5 Å². The van der Waals surface area contributed by atoms with Crippen molar-refractivity contribution in [1.82, 2.24) is 15.0 Å². The second-order valence-corrected chi connectivity index (χ2v) is 6.03. The Hall–Kier alpha value is -3.30. The maximum atomic E-state index is 11.9. The molecule has 2 aromatic rings. The van der Waals surface area contributed by atoms with Crippen molar-refractivity contribution in [2.45, 2.75) is 19.8 Å². The average molecular weight is 372 g/mol. The molecule has 0 atom stereocenters. The van der Waals surface area contributed by atoms with Gasteiger partial charge in [0.05, 0.1) is 17.4 Å². The van der Waals surface area contributed by atoms with Gasteiger partial charge in [0.2, 0.25) is 11.6 Å². The third kappa shape index (κ3) is 4.27. The van der Waals surface area contributed by atoms with E-state index in [1.807, 2.05) is 4.90 Å². The van der Waals surface area contributed by atoms with Gasteiger partial charge in [-0.3, -0.25) is 19.9 Å². The summed E-state index contributed by atoms with van der Waals surface area (Å²) in [5.41, 5.74) is 0.447. The fraction of sp³-hybridized carbons (Fsp3) is 0.412. The van der Waals surface area contributed by atoms with Crippen molar-refractivity contribution in [2.75, 3.05) is 29.9 Å². The van der Waals surface area contributed by atoms with E-state index in [9.17, 15) is 14.9 Å². The lowest BCUT2D eigenvalue weighted by atomic mass is 9.97. The molecule has 142 valence electrons. The summed E-state index contributed by atoms with van der Waals surface area (Å²) in [7, 11) is 0. The standard InChI is InChI=1S/C17H20N6O4/c1-2-27-17(24)12-5-9-22(10-6-12)16-14(23(25)26)15(19-11-20-16)21-13-3-7-18-8-4-13/h3-4,7-8,11-12H,2,5-6,9-10H2,1H3,(H,18,19,20,21). The van der Waals surface area contributed by atoms with Gasteiger partial charge in [-0.2, -0.15) is 0 Å². The van der Waals surface area contributed by atoms with Crippen molar-refractivity contribution in [2.24, 2.45) is 5.92 Å². The van der Waals surface area contributed by atoms with E-state index in [0.29, 0.717) is 38.2 Å². The molecule has 0 unspecified atom stereocenters. The zero-order valence-corrected chi connectivity index (χ0v) is 14.9. The number of hydrogen-bond donors (Lipinski definition) is 1. The number of nitro groups is 1. The zero-order valence-electron chi connectivity index (χ0n) is 14.9. The molecule has 1 aliphatic rings. The molecule has 0 saturated carbocycles. The molecule has 0 aromatic carbocycles. The van der Waals surface area contributed by atoms with Crippen LogP contribution in [-0.4, -0.2) is 45.5 Å². The van der Waals surface area contributed by atoms with Crippen molar-refractivity contribution in [1.29, 1.82) is 0 Å². The summed E-state index contributed by atoms with van der Waals surface area (Å²) in [5.74, 6) is -0.0385. The van der Waals surface area contributed by atoms with Gasteiger partial charge in [-0.25, -0.2) is 9.97 Å². The Kier molecular flexibility index (Phi) is 5.74. The van der Waals surface area contributed by atoms with Crippen LogP contribution in [0, 0.1) is 16.0 Å². The predicted octanol–water partition coefficient (Wildman–Crippen LogP) is 2.30. The number of nitrogens with zero attached hydrogens (tertiary/aromatic N) is 5. The molecule has 0 radical (unpaired) electrons. The summed E-state index contributed by atoms with van der Waals surface area (Å²) < 4.78 is 5.06. The molecule has 3 rings (SSSR count). The van der Waals surface area contributed by atoms with E-state index in [4.69, 9.17) is 4.74 Å². The van der Waals surface area contributed by atoms with Crippen LogP contribution in [0.1, 0.15) is 19.8 Å². The van der Waals surface area contributed by atoms with Crippen LogP contribution in [0.2, 0.25) is 0 Å². The molecule has 1 saturated heterocycles. The normalized spacial score (nSPS) is 14.6. The summed E-state index contributed by atoms with van der Waals surface area (Å²) in [4.78, 5) is 37.0. The number of carbonyl (C=O) groups is 1. The van der Waals surface area contributed by atoms with Crippen LogP contribution in [-0.2, 0) is 9.53 Å². The highest BCUT2D eigenvalue weighted by molar-refractivity contribution is 5.75. The molecule has 0 spiro atoms. The molecule has 2 aromatic heterocycles. The van der Waals surface area contributed by atoms with Crippen molar-refractivity contribution in [3.05, 3.63) is 41.0 Å². The lowest BCUT2D eigenvalue weighted by Gasteiger charge is -2.31. The van der Waals surface area contributed by atoms with E-state index >= 15 is 0 Å². The second-order valence-electron chi connectivity index (χ2n) is 6.03. The number of piperidine rings is 1. The Morgan fingerprint density at radius 1 is 1.33 bits per heavy atom. The highest BCUT2D eigenvalue weighted by Gasteiger charge is 2.32. The summed E-state index contributed by atoms with van der Waals surface area (Å²) in [6.07, 6.45) is 5.58. The second kappa shape index (κ2) is 8.39. The number of rotatable bonds is 6. The maximum Gasteiger partial charge on any atom is 0.353 e. The van der Waals surface area contributed by atoms with E-state index in [1.165, 1.54) is 6.33 Å². The quantitative estimate of drug-likeness (QED) is 0.462. The lowest BCUT2D eigenvalue weighted by molar-refractivity contribution is -0.383. The summed E-state index contributed by atoms with van der Waals surface area (Å²) in [5, 5.41) is 14.6. The van der Waals surface area contributed by atoms with Crippen molar-refractivity contribution >= 4 is 29.0 Å². The largest absolute Gasteiger partial charge is 0.466 e. The Balaban J connectivity index is 1.81. The number of esters is 1.